The fraction of sp³-hybridized carbons (Fsp3) is 0.500. The third kappa shape index (κ3) is 3.14. The van der Waals surface area contributed by atoms with E-state index in [2.05, 4.69) is 55.8 Å². The number of fused-ring (bicyclic) bond motifs is 1. The van der Waals surface area contributed by atoms with Gasteiger partial charge in [-0.25, -0.2) is 0 Å². The lowest BCUT2D eigenvalue weighted by molar-refractivity contribution is 0.117. The Labute approximate surface area is 110 Å². The van der Waals surface area contributed by atoms with E-state index >= 15 is 0 Å². The van der Waals surface area contributed by atoms with Crippen LogP contribution in [0.2, 0.25) is 0 Å². The average molecular weight is 245 g/mol. The molecule has 0 saturated carbocycles. The van der Waals surface area contributed by atoms with Crippen molar-refractivity contribution in [3.05, 3.63) is 36.0 Å². The number of aromatic nitrogens is 1. The van der Waals surface area contributed by atoms with Crippen LogP contribution in [0.25, 0.3) is 10.9 Å². The molecule has 2 aromatic rings. The van der Waals surface area contributed by atoms with Crippen LogP contribution in [-0.2, 0) is 11.3 Å². The van der Waals surface area contributed by atoms with Gasteiger partial charge in [-0.15, -0.1) is 0 Å². The molecule has 0 fully saturated rings. The Kier molecular flexibility index (Phi) is 4.43. The maximum Gasteiger partial charge on any atom is 0.0645 e. The van der Waals surface area contributed by atoms with Crippen molar-refractivity contribution in [3.8, 4) is 0 Å². The highest BCUT2D eigenvalue weighted by atomic mass is 16.5. The fourth-order valence-corrected chi connectivity index (χ4v) is 2.16. The van der Waals surface area contributed by atoms with Gasteiger partial charge in [0.1, 0.15) is 0 Å². The van der Waals surface area contributed by atoms with Gasteiger partial charge in [0.25, 0.3) is 0 Å². The minimum absolute atomic E-state index is 0.722. The molecule has 0 unspecified atom stereocenters. The van der Waals surface area contributed by atoms with Gasteiger partial charge < -0.3 is 9.30 Å². The Morgan fingerprint density at radius 1 is 1.17 bits per heavy atom. The summed E-state index contributed by atoms with van der Waals surface area (Å²) in [7, 11) is 0. The van der Waals surface area contributed by atoms with Gasteiger partial charge in [-0.05, 0) is 37.0 Å². The fourth-order valence-electron chi connectivity index (χ4n) is 2.16. The Bertz CT molecular complexity index is 499. The number of nitrogens with zero attached hydrogens (tertiary/aromatic N) is 1. The zero-order valence-electron chi connectivity index (χ0n) is 11.6. The minimum atomic E-state index is 0.722. The van der Waals surface area contributed by atoms with Gasteiger partial charge in [0.15, 0.2) is 0 Å². The molecule has 98 valence electrons. The molecule has 0 bridgehead atoms. The summed E-state index contributed by atoms with van der Waals surface area (Å²) in [4.78, 5) is 0. The van der Waals surface area contributed by atoms with Crippen molar-refractivity contribution in [2.45, 2.75) is 33.7 Å². The zero-order chi connectivity index (χ0) is 13.0. The Morgan fingerprint density at radius 2 is 2.00 bits per heavy atom. The van der Waals surface area contributed by atoms with Crippen molar-refractivity contribution in [3.63, 3.8) is 0 Å². The first kappa shape index (κ1) is 13.2. The number of benzene rings is 1. The van der Waals surface area contributed by atoms with E-state index in [-0.39, 0.29) is 0 Å². The van der Waals surface area contributed by atoms with Crippen LogP contribution in [0.15, 0.2) is 30.5 Å². The van der Waals surface area contributed by atoms with E-state index in [4.69, 9.17) is 4.74 Å². The summed E-state index contributed by atoms with van der Waals surface area (Å²) >= 11 is 0. The SMILES string of the molecule is Cc1cccc2c1ccn2CCOCCC(C)C. The third-order valence-corrected chi connectivity index (χ3v) is 3.35. The molecule has 18 heavy (non-hydrogen) atoms. The molecule has 2 heteroatoms. The van der Waals surface area contributed by atoms with Gasteiger partial charge in [0, 0.05) is 30.3 Å². The summed E-state index contributed by atoms with van der Waals surface area (Å²) in [5.41, 5.74) is 2.65. The lowest BCUT2D eigenvalue weighted by atomic mass is 10.1. The van der Waals surface area contributed by atoms with Gasteiger partial charge in [-0.2, -0.15) is 0 Å². The van der Waals surface area contributed by atoms with Gasteiger partial charge in [-0.1, -0.05) is 26.0 Å². The minimum Gasteiger partial charge on any atom is -0.380 e. The van der Waals surface area contributed by atoms with Crippen molar-refractivity contribution in [2.75, 3.05) is 13.2 Å². The Balaban J connectivity index is 1.90. The summed E-state index contributed by atoms with van der Waals surface area (Å²) in [6.07, 6.45) is 3.30. The van der Waals surface area contributed by atoms with E-state index in [1.165, 1.54) is 16.5 Å². The van der Waals surface area contributed by atoms with Gasteiger partial charge >= 0.3 is 0 Å². The molecular weight excluding hydrogens is 222 g/mol. The van der Waals surface area contributed by atoms with Gasteiger partial charge in [0.2, 0.25) is 0 Å². The van der Waals surface area contributed by atoms with Crippen LogP contribution in [0, 0.1) is 12.8 Å². The van der Waals surface area contributed by atoms with E-state index < -0.39 is 0 Å². The predicted octanol–water partition coefficient (Wildman–Crippen LogP) is 4.01. The monoisotopic (exact) mass is 245 g/mol. The van der Waals surface area contributed by atoms with Crippen LogP contribution in [0.3, 0.4) is 0 Å². The second-order valence-electron chi connectivity index (χ2n) is 5.31. The van der Waals surface area contributed by atoms with Crippen molar-refractivity contribution >= 4 is 10.9 Å². The summed E-state index contributed by atoms with van der Waals surface area (Å²) < 4.78 is 7.95. The first-order chi connectivity index (χ1) is 8.68. The first-order valence-electron chi connectivity index (χ1n) is 6.80. The molecule has 0 amide bonds. The van der Waals surface area contributed by atoms with Crippen LogP contribution >= 0.6 is 0 Å². The standard InChI is InChI=1S/C16H23NO/c1-13(2)8-11-18-12-10-17-9-7-15-14(3)5-4-6-16(15)17/h4-7,9,13H,8,10-12H2,1-3H3. The summed E-state index contributed by atoms with van der Waals surface area (Å²) in [6, 6.07) is 8.65. The van der Waals surface area contributed by atoms with E-state index in [1.54, 1.807) is 0 Å². The topological polar surface area (TPSA) is 14.2 Å². The van der Waals surface area contributed by atoms with Gasteiger partial charge in [0.05, 0.1) is 6.61 Å². The van der Waals surface area contributed by atoms with Crippen molar-refractivity contribution in [1.29, 1.82) is 0 Å². The van der Waals surface area contributed by atoms with Gasteiger partial charge in [-0.3, -0.25) is 0 Å². The Hall–Kier alpha value is -1.28. The van der Waals surface area contributed by atoms with E-state index in [0.717, 1.165) is 32.1 Å². The third-order valence-electron chi connectivity index (χ3n) is 3.35. The molecule has 0 spiro atoms. The van der Waals surface area contributed by atoms with Crippen LogP contribution < -0.4 is 0 Å². The second-order valence-corrected chi connectivity index (χ2v) is 5.31. The molecular formula is C16H23NO. The van der Waals surface area contributed by atoms with Crippen molar-refractivity contribution < 1.29 is 4.74 Å². The number of ether oxygens (including phenoxy) is 1. The number of hydrogen-bond donors (Lipinski definition) is 0. The smallest absolute Gasteiger partial charge is 0.0645 e. The largest absolute Gasteiger partial charge is 0.380 e. The highest BCUT2D eigenvalue weighted by Crippen LogP contribution is 2.19. The number of rotatable bonds is 6. The second kappa shape index (κ2) is 6.05. The lowest BCUT2D eigenvalue weighted by Gasteiger charge is -2.08. The maximum absolute atomic E-state index is 5.68. The molecule has 2 rings (SSSR count). The van der Waals surface area contributed by atoms with E-state index in [1.807, 2.05) is 0 Å². The molecule has 0 aliphatic rings. The quantitative estimate of drug-likeness (QED) is 0.701. The molecule has 2 nitrogen and oxygen atoms in total. The molecule has 0 N–H and O–H groups in total. The highest BCUT2D eigenvalue weighted by Gasteiger charge is 2.02. The lowest BCUT2D eigenvalue weighted by Crippen LogP contribution is -2.07. The molecule has 0 atom stereocenters. The van der Waals surface area contributed by atoms with E-state index in [9.17, 15) is 0 Å². The molecule has 0 saturated heterocycles. The van der Waals surface area contributed by atoms with Crippen molar-refractivity contribution in [1.82, 2.24) is 4.57 Å². The first-order valence-corrected chi connectivity index (χ1v) is 6.80. The Morgan fingerprint density at radius 3 is 2.78 bits per heavy atom. The zero-order valence-corrected chi connectivity index (χ0v) is 11.6. The highest BCUT2D eigenvalue weighted by molar-refractivity contribution is 5.83. The number of hydrogen-bond acceptors (Lipinski definition) is 1. The van der Waals surface area contributed by atoms with Crippen LogP contribution in [0.1, 0.15) is 25.8 Å². The summed E-state index contributed by atoms with van der Waals surface area (Å²) in [5.74, 6) is 0.722. The van der Waals surface area contributed by atoms with E-state index in [0.29, 0.717) is 0 Å². The molecule has 0 aliphatic carbocycles. The van der Waals surface area contributed by atoms with Crippen molar-refractivity contribution in [2.24, 2.45) is 5.92 Å². The molecule has 1 aromatic heterocycles. The number of aryl methyl sites for hydroxylation is 1. The molecule has 0 aliphatic heterocycles. The normalized spacial score (nSPS) is 11.6. The molecule has 0 radical (unpaired) electrons. The maximum atomic E-state index is 5.68. The predicted molar refractivity (Wildman–Crippen MR) is 76.9 cm³/mol. The summed E-state index contributed by atoms with van der Waals surface area (Å²) in [6.45, 7) is 9.22. The van der Waals surface area contributed by atoms with Crippen LogP contribution in [0.4, 0.5) is 0 Å². The van der Waals surface area contributed by atoms with Crippen LogP contribution in [0.5, 0.6) is 0 Å². The molecule has 1 aromatic carbocycles. The van der Waals surface area contributed by atoms with Crippen LogP contribution in [-0.4, -0.2) is 17.8 Å². The average Bonchev–Trinajstić information content (AvgIpc) is 2.73. The molecule has 1 heterocycles. The summed E-state index contributed by atoms with van der Waals surface area (Å²) in [5, 5.41) is 1.35.